The Hall–Kier alpha value is -1.95. The van der Waals surface area contributed by atoms with Gasteiger partial charge in [0.15, 0.2) is 5.60 Å². The molecule has 176 valence electrons. The van der Waals surface area contributed by atoms with E-state index in [0.717, 1.165) is 30.0 Å². The Morgan fingerprint density at radius 2 is 1.59 bits per heavy atom. The fraction of sp³-hybridized carbons (Fsp3) is 0.429. The SMILES string of the molecule is CC1CN(c2ccc(S(C)=O)cc2)CCN1S(=O)(=O)c1ccc([C@@](C)(O)C(F)(F)F)cc1. The van der Waals surface area contributed by atoms with Crippen molar-refractivity contribution < 1.29 is 30.9 Å². The molecule has 1 fully saturated rings. The van der Waals surface area contributed by atoms with E-state index in [4.69, 9.17) is 0 Å². The lowest BCUT2D eigenvalue weighted by Gasteiger charge is -2.40. The lowest BCUT2D eigenvalue weighted by molar-refractivity contribution is -0.258. The molecule has 1 saturated heterocycles. The third-order valence-corrected chi connectivity index (χ3v) is 8.64. The number of hydrogen-bond acceptors (Lipinski definition) is 5. The summed E-state index contributed by atoms with van der Waals surface area (Å²) in [6.45, 7) is 3.45. The van der Waals surface area contributed by atoms with E-state index in [1.807, 2.05) is 17.0 Å². The van der Waals surface area contributed by atoms with Gasteiger partial charge < -0.3 is 10.0 Å². The number of halogens is 3. The van der Waals surface area contributed by atoms with Gasteiger partial charge in [-0.2, -0.15) is 17.5 Å². The van der Waals surface area contributed by atoms with Crippen molar-refractivity contribution in [2.75, 3.05) is 30.8 Å². The number of aliphatic hydroxyl groups is 1. The number of nitrogens with zero attached hydrogens (tertiary/aromatic N) is 2. The molecule has 3 atom stereocenters. The van der Waals surface area contributed by atoms with Gasteiger partial charge in [0.25, 0.3) is 0 Å². The number of sulfonamides is 1. The Kier molecular flexibility index (Phi) is 6.77. The number of anilines is 1. The van der Waals surface area contributed by atoms with Gasteiger partial charge in [-0.1, -0.05) is 12.1 Å². The molecule has 2 unspecified atom stereocenters. The molecule has 0 aliphatic carbocycles. The third-order valence-electron chi connectivity index (χ3n) is 5.68. The van der Waals surface area contributed by atoms with Crippen molar-refractivity contribution in [2.24, 2.45) is 0 Å². The minimum Gasteiger partial charge on any atom is -0.376 e. The monoisotopic (exact) mass is 490 g/mol. The average Bonchev–Trinajstić information content (AvgIpc) is 2.72. The third kappa shape index (κ3) is 4.70. The fourth-order valence-corrected chi connectivity index (χ4v) is 5.76. The number of piperazine rings is 1. The number of benzene rings is 2. The molecular weight excluding hydrogens is 465 g/mol. The first-order valence-corrected chi connectivity index (χ1v) is 12.8. The highest BCUT2D eigenvalue weighted by atomic mass is 32.2. The van der Waals surface area contributed by atoms with Crippen molar-refractivity contribution in [1.29, 1.82) is 0 Å². The van der Waals surface area contributed by atoms with Gasteiger partial charge in [0.05, 0.1) is 4.90 Å². The highest BCUT2D eigenvalue weighted by Gasteiger charge is 2.51. The van der Waals surface area contributed by atoms with Crippen LogP contribution in [-0.2, 0) is 26.4 Å². The van der Waals surface area contributed by atoms with E-state index < -0.39 is 38.2 Å². The predicted molar refractivity (Wildman–Crippen MR) is 116 cm³/mol. The Balaban J connectivity index is 1.76. The summed E-state index contributed by atoms with van der Waals surface area (Å²) >= 11 is 0. The van der Waals surface area contributed by atoms with Crippen LogP contribution in [0.2, 0.25) is 0 Å². The van der Waals surface area contributed by atoms with Crippen molar-refractivity contribution in [3.63, 3.8) is 0 Å². The second-order valence-corrected chi connectivity index (χ2v) is 11.2. The van der Waals surface area contributed by atoms with Gasteiger partial charge in [0.1, 0.15) is 0 Å². The van der Waals surface area contributed by atoms with Crippen LogP contribution in [0, 0.1) is 0 Å². The number of alkyl halides is 3. The largest absolute Gasteiger partial charge is 0.421 e. The van der Waals surface area contributed by atoms with Gasteiger partial charge in [0.2, 0.25) is 10.0 Å². The summed E-state index contributed by atoms with van der Waals surface area (Å²) in [4.78, 5) is 2.60. The number of hydrogen-bond donors (Lipinski definition) is 1. The first-order valence-electron chi connectivity index (χ1n) is 9.85. The van der Waals surface area contributed by atoms with Crippen LogP contribution in [0.4, 0.5) is 18.9 Å². The molecule has 32 heavy (non-hydrogen) atoms. The molecule has 0 saturated carbocycles. The van der Waals surface area contributed by atoms with E-state index in [2.05, 4.69) is 0 Å². The van der Waals surface area contributed by atoms with Crippen molar-refractivity contribution in [1.82, 2.24) is 4.31 Å². The van der Waals surface area contributed by atoms with Crippen molar-refractivity contribution in [3.8, 4) is 0 Å². The van der Waals surface area contributed by atoms with Gasteiger partial charge in [0, 0.05) is 53.3 Å². The van der Waals surface area contributed by atoms with Crippen molar-refractivity contribution in [3.05, 3.63) is 54.1 Å². The maximum atomic E-state index is 13.1. The molecule has 11 heteroatoms. The van der Waals surface area contributed by atoms with E-state index in [0.29, 0.717) is 24.9 Å². The maximum Gasteiger partial charge on any atom is 0.421 e. The molecule has 3 rings (SSSR count). The molecule has 0 bridgehead atoms. The predicted octanol–water partition coefficient (Wildman–Crippen LogP) is 3.09. The zero-order valence-corrected chi connectivity index (χ0v) is 19.5. The molecule has 1 N–H and O–H groups in total. The van der Waals surface area contributed by atoms with Crippen LogP contribution in [-0.4, -0.2) is 60.1 Å². The standard InChI is InChI=1S/C21H25F3N2O4S2/c1-15-14-25(17-6-8-18(9-7-17)31(3)28)12-13-26(15)32(29,30)19-10-4-16(5-11-19)20(2,27)21(22,23)24/h4-11,15,27H,12-14H2,1-3H3/t15?,20-,31?/m1/s1. The summed E-state index contributed by atoms with van der Waals surface area (Å²) in [6, 6.07) is 11.0. The Bertz CT molecular complexity index is 1090. The first-order chi connectivity index (χ1) is 14.7. The first kappa shape index (κ1) is 24.7. The second kappa shape index (κ2) is 8.77. The Labute approximate surface area is 188 Å². The van der Waals surface area contributed by atoms with Crippen LogP contribution in [0.3, 0.4) is 0 Å². The quantitative estimate of drug-likeness (QED) is 0.697. The van der Waals surface area contributed by atoms with Gasteiger partial charge in [-0.3, -0.25) is 4.21 Å². The van der Waals surface area contributed by atoms with Crippen LogP contribution in [0.15, 0.2) is 58.3 Å². The zero-order valence-electron chi connectivity index (χ0n) is 17.8. The molecule has 0 radical (unpaired) electrons. The molecule has 1 aliphatic heterocycles. The fourth-order valence-electron chi connectivity index (χ4n) is 3.63. The average molecular weight is 491 g/mol. The molecule has 0 spiro atoms. The molecule has 2 aromatic carbocycles. The molecule has 6 nitrogen and oxygen atoms in total. The summed E-state index contributed by atoms with van der Waals surface area (Å²) in [5.41, 5.74) is -2.62. The Morgan fingerprint density at radius 1 is 1.03 bits per heavy atom. The van der Waals surface area contributed by atoms with Crippen LogP contribution in [0.1, 0.15) is 19.4 Å². The molecular formula is C21H25F3N2O4S2. The normalized spacial score (nSPS) is 21.2. The van der Waals surface area contributed by atoms with Crippen LogP contribution in [0.5, 0.6) is 0 Å². The molecule has 1 heterocycles. The maximum absolute atomic E-state index is 13.1. The van der Waals surface area contributed by atoms with E-state index in [1.54, 1.807) is 25.3 Å². The highest BCUT2D eigenvalue weighted by Crippen LogP contribution is 2.38. The van der Waals surface area contributed by atoms with Gasteiger partial charge in [-0.25, -0.2) is 8.42 Å². The van der Waals surface area contributed by atoms with E-state index in [1.165, 1.54) is 4.31 Å². The summed E-state index contributed by atoms with van der Waals surface area (Å²) in [5.74, 6) is 0. The van der Waals surface area contributed by atoms with Gasteiger partial charge in [-0.15, -0.1) is 0 Å². The summed E-state index contributed by atoms with van der Waals surface area (Å²) < 4.78 is 78.2. The van der Waals surface area contributed by atoms with Crippen LogP contribution in [0.25, 0.3) is 0 Å². The van der Waals surface area contributed by atoms with Crippen LogP contribution < -0.4 is 4.90 Å². The van der Waals surface area contributed by atoms with Crippen LogP contribution >= 0.6 is 0 Å². The van der Waals surface area contributed by atoms with Gasteiger partial charge >= 0.3 is 6.18 Å². The minimum atomic E-state index is -4.89. The lowest BCUT2D eigenvalue weighted by atomic mass is 9.96. The second-order valence-electron chi connectivity index (χ2n) is 7.95. The minimum absolute atomic E-state index is 0.130. The van der Waals surface area contributed by atoms with Crippen molar-refractivity contribution in [2.45, 2.75) is 41.5 Å². The van der Waals surface area contributed by atoms with Gasteiger partial charge in [-0.05, 0) is 55.8 Å². The molecule has 0 aromatic heterocycles. The van der Waals surface area contributed by atoms with Crippen molar-refractivity contribution >= 4 is 26.5 Å². The van der Waals surface area contributed by atoms with E-state index >= 15 is 0 Å². The smallest absolute Gasteiger partial charge is 0.376 e. The molecule has 0 amide bonds. The summed E-state index contributed by atoms with van der Waals surface area (Å²) in [7, 11) is -5.01. The van der Waals surface area contributed by atoms with E-state index in [-0.39, 0.29) is 17.5 Å². The Morgan fingerprint density at radius 3 is 2.06 bits per heavy atom. The summed E-state index contributed by atoms with van der Waals surface area (Å²) in [5, 5.41) is 9.78. The lowest BCUT2D eigenvalue weighted by Crippen LogP contribution is -2.54. The number of rotatable bonds is 5. The summed E-state index contributed by atoms with van der Waals surface area (Å²) in [6.07, 6.45) is -3.29. The van der Waals surface area contributed by atoms with E-state index in [9.17, 15) is 30.9 Å². The zero-order chi connectivity index (χ0) is 23.9. The molecule has 1 aliphatic rings. The highest BCUT2D eigenvalue weighted by molar-refractivity contribution is 7.89. The molecule has 2 aromatic rings. The topological polar surface area (TPSA) is 77.9 Å².